The van der Waals surface area contributed by atoms with Crippen LogP contribution in [0.25, 0.3) is 0 Å². The molecule has 3 heteroatoms. The number of carbonyl (C=O) groups excluding carboxylic acids is 1. The maximum atomic E-state index is 11.1. The molecule has 0 saturated heterocycles. The Morgan fingerprint density at radius 1 is 1.38 bits per heavy atom. The summed E-state index contributed by atoms with van der Waals surface area (Å²) in [5, 5.41) is 0. The Balaban J connectivity index is 3.93. The largest absolute Gasteiger partial charge is 0.466 e. The molecule has 0 saturated carbocycles. The van der Waals surface area contributed by atoms with Crippen LogP contribution >= 0.6 is 0 Å². The minimum atomic E-state index is -0.430. The lowest BCUT2D eigenvalue weighted by Crippen LogP contribution is -2.31. The first-order valence-corrected chi connectivity index (χ1v) is 4.71. The maximum absolute atomic E-state index is 11.1. The fraction of sp³-hybridized carbons (Fsp3) is 0.900. The van der Waals surface area contributed by atoms with Crippen LogP contribution in [0.4, 0.5) is 0 Å². The summed E-state index contributed by atoms with van der Waals surface area (Å²) in [4.78, 5) is 11.1. The van der Waals surface area contributed by atoms with Crippen molar-refractivity contribution >= 4 is 5.97 Å². The number of esters is 1. The van der Waals surface area contributed by atoms with Crippen molar-refractivity contribution < 1.29 is 14.3 Å². The second-order valence-corrected chi connectivity index (χ2v) is 3.91. The Bertz CT molecular complexity index is 162. The first kappa shape index (κ1) is 12.4. The molecule has 0 aliphatic rings. The molecule has 0 aromatic rings. The molecule has 0 atom stereocenters. The van der Waals surface area contributed by atoms with Gasteiger partial charge in [0.2, 0.25) is 0 Å². The molecule has 0 radical (unpaired) electrons. The van der Waals surface area contributed by atoms with E-state index in [1.165, 1.54) is 0 Å². The van der Waals surface area contributed by atoms with Crippen molar-refractivity contribution in [1.29, 1.82) is 0 Å². The zero-order chi connectivity index (χ0) is 10.5. The van der Waals surface area contributed by atoms with E-state index in [0.29, 0.717) is 13.0 Å². The van der Waals surface area contributed by atoms with Crippen molar-refractivity contribution in [2.24, 2.45) is 0 Å². The third kappa shape index (κ3) is 6.58. The van der Waals surface area contributed by atoms with Crippen LogP contribution in [0.2, 0.25) is 0 Å². The number of rotatable bonds is 5. The Hall–Kier alpha value is -0.570. The second-order valence-electron chi connectivity index (χ2n) is 3.91. The molecule has 78 valence electrons. The van der Waals surface area contributed by atoms with E-state index in [2.05, 4.69) is 0 Å². The summed E-state index contributed by atoms with van der Waals surface area (Å²) in [6, 6.07) is 0. The first-order chi connectivity index (χ1) is 5.87. The monoisotopic (exact) mass is 188 g/mol. The van der Waals surface area contributed by atoms with Gasteiger partial charge in [0, 0.05) is 0 Å². The van der Waals surface area contributed by atoms with Crippen LogP contribution in [0.3, 0.4) is 0 Å². The Labute approximate surface area is 80.4 Å². The molecule has 0 rings (SSSR count). The van der Waals surface area contributed by atoms with Crippen LogP contribution in [-0.2, 0) is 14.3 Å². The molecule has 0 aliphatic carbocycles. The van der Waals surface area contributed by atoms with Crippen LogP contribution in [0.15, 0.2) is 0 Å². The zero-order valence-corrected chi connectivity index (χ0v) is 9.22. The van der Waals surface area contributed by atoms with Gasteiger partial charge in [-0.1, -0.05) is 0 Å². The predicted octanol–water partition coefficient (Wildman–Crippen LogP) is 2.14. The predicted molar refractivity (Wildman–Crippen MR) is 51.6 cm³/mol. The van der Waals surface area contributed by atoms with Crippen molar-refractivity contribution in [1.82, 2.24) is 0 Å². The molecule has 0 bridgehead atoms. The van der Waals surface area contributed by atoms with E-state index < -0.39 is 5.60 Å². The van der Waals surface area contributed by atoms with Gasteiger partial charge >= 0.3 is 5.97 Å². The van der Waals surface area contributed by atoms with Gasteiger partial charge < -0.3 is 9.47 Å². The standard InChI is InChI=1S/C10H20O3/c1-6-12-9(11)7-10(4,5)13-8(2)3/h8H,6-7H2,1-5H3. The normalized spacial score (nSPS) is 11.8. The lowest BCUT2D eigenvalue weighted by atomic mass is 10.1. The van der Waals surface area contributed by atoms with Gasteiger partial charge in [-0.05, 0) is 34.6 Å². The van der Waals surface area contributed by atoms with Crippen molar-refractivity contribution in [2.75, 3.05) is 6.61 Å². The van der Waals surface area contributed by atoms with Gasteiger partial charge in [0.1, 0.15) is 0 Å². The van der Waals surface area contributed by atoms with Crippen LogP contribution < -0.4 is 0 Å². The summed E-state index contributed by atoms with van der Waals surface area (Å²) in [6.07, 6.45) is 0.434. The summed E-state index contributed by atoms with van der Waals surface area (Å²) in [6.45, 7) is 9.92. The fourth-order valence-corrected chi connectivity index (χ4v) is 1.24. The van der Waals surface area contributed by atoms with E-state index >= 15 is 0 Å². The van der Waals surface area contributed by atoms with Gasteiger partial charge in [0.25, 0.3) is 0 Å². The zero-order valence-electron chi connectivity index (χ0n) is 9.22. The highest BCUT2D eigenvalue weighted by atomic mass is 16.5. The quantitative estimate of drug-likeness (QED) is 0.620. The lowest BCUT2D eigenvalue weighted by molar-refractivity contribution is -0.151. The molecule has 0 unspecified atom stereocenters. The average Bonchev–Trinajstić information content (AvgIpc) is 1.81. The van der Waals surface area contributed by atoms with Crippen molar-refractivity contribution in [3.63, 3.8) is 0 Å². The highest BCUT2D eigenvalue weighted by Crippen LogP contribution is 2.17. The number of hydrogen-bond donors (Lipinski definition) is 0. The van der Waals surface area contributed by atoms with Gasteiger partial charge in [0.05, 0.1) is 24.7 Å². The number of carbonyl (C=O) groups is 1. The molecule has 3 nitrogen and oxygen atoms in total. The summed E-state index contributed by atoms with van der Waals surface area (Å²) < 4.78 is 10.4. The van der Waals surface area contributed by atoms with E-state index in [1.54, 1.807) is 6.92 Å². The first-order valence-electron chi connectivity index (χ1n) is 4.71. The summed E-state index contributed by atoms with van der Waals surface area (Å²) in [5.74, 6) is -0.201. The Kier molecular flexibility index (Phi) is 4.99. The summed E-state index contributed by atoms with van der Waals surface area (Å²) >= 11 is 0. The van der Waals surface area contributed by atoms with Crippen LogP contribution in [-0.4, -0.2) is 24.3 Å². The van der Waals surface area contributed by atoms with Gasteiger partial charge in [-0.15, -0.1) is 0 Å². The minimum absolute atomic E-state index is 0.129. The maximum Gasteiger partial charge on any atom is 0.308 e. The highest BCUT2D eigenvalue weighted by Gasteiger charge is 2.24. The van der Waals surface area contributed by atoms with Crippen molar-refractivity contribution in [2.45, 2.75) is 52.7 Å². The van der Waals surface area contributed by atoms with E-state index in [1.807, 2.05) is 27.7 Å². The molecule has 0 amide bonds. The Morgan fingerprint density at radius 2 is 1.92 bits per heavy atom. The molecule has 0 spiro atoms. The molecular weight excluding hydrogens is 168 g/mol. The topological polar surface area (TPSA) is 35.5 Å². The smallest absolute Gasteiger partial charge is 0.308 e. The number of hydrogen-bond acceptors (Lipinski definition) is 3. The highest BCUT2D eigenvalue weighted by molar-refractivity contribution is 5.70. The Morgan fingerprint density at radius 3 is 2.31 bits per heavy atom. The van der Waals surface area contributed by atoms with Gasteiger partial charge in [-0.25, -0.2) is 0 Å². The second kappa shape index (κ2) is 5.22. The van der Waals surface area contributed by atoms with Crippen molar-refractivity contribution in [3.8, 4) is 0 Å². The third-order valence-electron chi connectivity index (χ3n) is 1.43. The molecule has 0 aromatic carbocycles. The molecule has 0 aliphatic heterocycles. The van der Waals surface area contributed by atoms with Crippen LogP contribution in [0.5, 0.6) is 0 Å². The van der Waals surface area contributed by atoms with Crippen LogP contribution in [0.1, 0.15) is 41.0 Å². The van der Waals surface area contributed by atoms with Gasteiger partial charge in [0.15, 0.2) is 0 Å². The average molecular weight is 188 g/mol. The van der Waals surface area contributed by atoms with E-state index in [-0.39, 0.29) is 12.1 Å². The molecule has 13 heavy (non-hydrogen) atoms. The van der Waals surface area contributed by atoms with Crippen molar-refractivity contribution in [3.05, 3.63) is 0 Å². The molecule has 0 fully saturated rings. The third-order valence-corrected chi connectivity index (χ3v) is 1.43. The van der Waals surface area contributed by atoms with Crippen LogP contribution in [0, 0.1) is 0 Å². The lowest BCUT2D eigenvalue weighted by Gasteiger charge is -2.26. The summed E-state index contributed by atoms with van der Waals surface area (Å²) in [7, 11) is 0. The molecule has 0 heterocycles. The van der Waals surface area contributed by atoms with E-state index in [4.69, 9.17) is 9.47 Å². The van der Waals surface area contributed by atoms with Gasteiger partial charge in [-0.3, -0.25) is 4.79 Å². The fourth-order valence-electron chi connectivity index (χ4n) is 1.24. The molecular formula is C10H20O3. The van der Waals surface area contributed by atoms with E-state index in [0.717, 1.165) is 0 Å². The van der Waals surface area contributed by atoms with Gasteiger partial charge in [-0.2, -0.15) is 0 Å². The SMILES string of the molecule is CCOC(=O)CC(C)(C)OC(C)C. The van der Waals surface area contributed by atoms with E-state index in [9.17, 15) is 4.79 Å². The molecule has 0 aromatic heterocycles. The number of ether oxygens (including phenoxy) is 2. The summed E-state index contributed by atoms with van der Waals surface area (Å²) in [5.41, 5.74) is -0.430. The minimum Gasteiger partial charge on any atom is -0.466 e. The molecule has 0 N–H and O–H groups in total.